The summed E-state index contributed by atoms with van der Waals surface area (Å²) in [4.78, 5) is 12.3. The zero-order chi connectivity index (χ0) is 20.1. The molecule has 0 aliphatic heterocycles. The highest BCUT2D eigenvalue weighted by Crippen LogP contribution is 2.25. The Hall–Kier alpha value is -3.07. The van der Waals surface area contributed by atoms with Gasteiger partial charge in [0.1, 0.15) is 11.6 Å². The number of para-hydroxylation sites is 1. The van der Waals surface area contributed by atoms with Crippen molar-refractivity contribution in [2.45, 2.75) is 18.1 Å². The lowest BCUT2D eigenvalue weighted by atomic mass is 10.1. The van der Waals surface area contributed by atoms with Gasteiger partial charge in [-0.3, -0.25) is 4.79 Å². The Bertz CT molecular complexity index is 961. The molecular formula is C19H20FN5O2S. The molecule has 0 aliphatic rings. The number of methoxy groups -OCH3 is 1. The smallest absolute Gasteiger partial charge is 0.230 e. The molecule has 0 saturated carbocycles. The van der Waals surface area contributed by atoms with Gasteiger partial charge < -0.3 is 15.9 Å². The molecule has 0 aliphatic carbocycles. The molecule has 7 nitrogen and oxygen atoms in total. The number of nitrogen functional groups attached to an aromatic ring is 1. The van der Waals surface area contributed by atoms with Gasteiger partial charge in [-0.05, 0) is 37.3 Å². The third kappa shape index (κ3) is 4.42. The minimum absolute atomic E-state index is 0.123. The third-order valence-electron chi connectivity index (χ3n) is 4.08. The van der Waals surface area contributed by atoms with E-state index in [0.29, 0.717) is 22.3 Å². The zero-order valence-electron chi connectivity index (χ0n) is 15.4. The molecule has 9 heteroatoms. The van der Waals surface area contributed by atoms with E-state index in [9.17, 15) is 9.18 Å². The van der Waals surface area contributed by atoms with E-state index < -0.39 is 0 Å². The van der Waals surface area contributed by atoms with E-state index in [0.717, 1.165) is 5.56 Å². The number of hydrogen-bond acceptors (Lipinski definition) is 6. The Morgan fingerprint density at radius 1 is 1.25 bits per heavy atom. The molecule has 0 saturated heterocycles. The van der Waals surface area contributed by atoms with Crippen LogP contribution in [0.3, 0.4) is 0 Å². The van der Waals surface area contributed by atoms with Crippen molar-refractivity contribution in [1.82, 2.24) is 20.2 Å². The predicted octanol–water partition coefficient (Wildman–Crippen LogP) is 2.78. The molecule has 1 amide bonds. The standard InChI is InChI=1S/C19H20FN5O2S/c1-12(15-5-3-4-6-16(15)27-2)22-17(26)11-28-19-24-23-18(25(19)21)13-7-9-14(20)10-8-13/h3-10,12H,11,21H2,1-2H3,(H,22,26). The number of nitrogens with one attached hydrogen (secondary N) is 1. The lowest BCUT2D eigenvalue weighted by Crippen LogP contribution is -2.28. The molecule has 1 heterocycles. The van der Waals surface area contributed by atoms with Crippen molar-refractivity contribution in [1.29, 1.82) is 0 Å². The van der Waals surface area contributed by atoms with E-state index in [-0.39, 0.29) is 23.5 Å². The monoisotopic (exact) mass is 401 g/mol. The normalized spacial score (nSPS) is 11.8. The number of hydrogen-bond donors (Lipinski definition) is 2. The molecular weight excluding hydrogens is 381 g/mol. The van der Waals surface area contributed by atoms with Crippen LogP contribution in [0, 0.1) is 5.82 Å². The maximum atomic E-state index is 13.1. The maximum Gasteiger partial charge on any atom is 0.230 e. The maximum absolute atomic E-state index is 13.1. The highest BCUT2D eigenvalue weighted by atomic mass is 32.2. The second-order valence-corrected chi connectivity index (χ2v) is 6.95. The average Bonchev–Trinajstić information content (AvgIpc) is 3.07. The number of rotatable bonds is 7. The van der Waals surface area contributed by atoms with E-state index in [1.807, 2.05) is 31.2 Å². The molecule has 1 atom stereocenters. The minimum atomic E-state index is -0.345. The number of ether oxygens (including phenoxy) is 1. The van der Waals surface area contributed by atoms with Crippen LogP contribution in [0.25, 0.3) is 11.4 Å². The van der Waals surface area contributed by atoms with E-state index >= 15 is 0 Å². The van der Waals surface area contributed by atoms with Gasteiger partial charge in [0.15, 0.2) is 5.82 Å². The Kier molecular flexibility index (Phi) is 6.15. The van der Waals surface area contributed by atoms with Crippen LogP contribution in [-0.4, -0.2) is 33.6 Å². The first-order valence-corrected chi connectivity index (χ1v) is 9.49. The van der Waals surface area contributed by atoms with Gasteiger partial charge in [0.05, 0.1) is 18.9 Å². The molecule has 0 spiro atoms. The Morgan fingerprint density at radius 2 is 1.96 bits per heavy atom. The Balaban J connectivity index is 1.61. The minimum Gasteiger partial charge on any atom is -0.496 e. The third-order valence-corrected chi connectivity index (χ3v) is 5.03. The quantitative estimate of drug-likeness (QED) is 0.467. The second-order valence-electron chi connectivity index (χ2n) is 6.00. The van der Waals surface area contributed by atoms with Gasteiger partial charge in [-0.2, -0.15) is 0 Å². The number of carbonyl (C=O) groups excluding carboxylic acids is 1. The molecule has 1 aromatic heterocycles. The first-order chi connectivity index (χ1) is 13.5. The largest absolute Gasteiger partial charge is 0.496 e. The summed E-state index contributed by atoms with van der Waals surface area (Å²) < 4.78 is 19.7. The Labute approximate surface area is 166 Å². The molecule has 3 aromatic rings. The molecule has 146 valence electrons. The van der Waals surface area contributed by atoms with Gasteiger partial charge in [-0.25, -0.2) is 9.07 Å². The highest BCUT2D eigenvalue weighted by Gasteiger charge is 2.16. The summed E-state index contributed by atoms with van der Waals surface area (Å²) in [5.41, 5.74) is 1.53. The summed E-state index contributed by atoms with van der Waals surface area (Å²) in [6.07, 6.45) is 0. The van der Waals surface area contributed by atoms with Crippen LogP contribution in [0.15, 0.2) is 53.7 Å². The van der Waals surface area contributed by atoms with Crippen LogP contribution in [-0.2, 0) is 4.79 Å². The van der Waals surface area contributed by atoms with E-state index in [4.69, 9.17) is 10.6 Å². The SMILES string of the molecule is COc1ccccc1C(C)NC(=O)CSc1nnc(-c2ccc(F)cc2)n1N. The van der Waals surface area contributed by atoms with Crippen LogP contribution in [0.5, 0.6) is 5.75 Å². The predicted molar refractivity (Wildman–Crippen MR) is 106 cm³/mol. The summed E-state index contributed by atoms with van der Waals surface area (Å²) in [5.74, 6) is 6.74. The van der Waals surface area contributed by atoms with E-state index in [1.54, 1.807) is 19.2 Å². The van der Waals surface area contributed by atoms with Gasteiger partial charge in [0.25, 0.3) is 0 Å². The molecule has 1 unspecified atom stereocenters. The number of halogens is 1. The fourth-order valence-electron chi connectivity index (χ4n) is 2.69. The number of aromatic nitrogens is 3. The number of carbonyl (C=O) groups is 1. The Morgan fingerprint density at radius 3 is 2.68 bits per heavy atom. The highest BCUT2D eigenvalue weighted by molar-refractivity contribution is 7.99. The second kappa shape index (κ2) is 8.75. The van der Waals surface area contributed by atoms with Crippen molar-refractivity contribution in [2.75, 3.05) is 18.7 Å². The molecule has 0 radical (unpaired) electrons. The van der Waals surface area contributed by atoms with Gasteiger partial charge in [0, 0.05) is 11.1 Å². The molecule has 2 aromatic carbocycles. The topological polar surface area (TPSA) is 95.1 Å². The fourth-order valence-corrected chi connectivity index (χ4v) is 3.35. The van der Waals surface area contributed by atoms with Gasteiger partial charge in [-0.1, -0.05) is 30.0 Å². The van der Waals surface area contributed by atoms with Crippen LogP contribution < -0.4 is 15.9 Å². The summed E-state index contributed by atoms with van der Waals surface area (Å²) in [7, 11) is 1.59. The lowest BCUT2D eigenvalue weighted by Gasteiger charge is -2.17. The van der Waals surface area contributed by atoms with Crippen LogP contribution >= 0.6 is 11.8 Å². The van der Waals surface area contributed by atoms with Crippen molar-refractivity contribution < 1.29 is 13.9 Å². The van der Waals surface area contributed by atoms with Gasteiger partial charge in [-0.15, -0.1) is 10.2 Å². The van der Waals surface area contributed by atoms with Crippen molar-refractivity contribution >= 4 is 17.7 Å². The van der Waals surface area contributed by atoms with Crippen molar-refractivity contribution in [3.63, 3.8) is 0 Å². The zero-order valence-corrected chi connectivity index (χ0v) is 16.2. The lowest BCUT2D eigenvalue weighted by molar-refractivity contribution is -0.119. The van der Waals surface area contributed by atoms with Gasteiger partial charge >= 0.3 is 0 Å². The molecule has 3 rings (SSSR count). The summed E-state index contributed by atoms with van der Waals surface area (Å²) in [6, 6.07) is 13.1. The number of amides is 1. The van der Waals surface area contributed by atoms with Crippen molar-refractivity contribution in [3.8, 4) is 17.1 Å². The number of thioether (sulfide) groups is 1. The summed E-state index contributed by atoms with van der Waals surface area (Å²) in [5, 5.41) is 11.3. The molecule has 0 bridgehead atoms. The molecule has 28 heavy (non-hydrogen) atoms. The first-order valence-electron chi connectivity index (χ1n) is 8.51. The van der Waals surface area contributed by atoms with Crippen LogP contribution in [0.1, 0.15) is 18.5 Å². The average molecular weight is 401 g/mol. The number of nitrogens with zero attached hydrogens (tertiary/aromatic N) is 3. The van der Waals surface area contributed by atoms with Crippen molar-refractivity contribution in [2.24, 2.45) is 0 Å². The molecule has 0 fully saturated rings. The van der Waals surface area contributed by atoms with Crippen molar-refractivity contribution in [3.05, 3.63) is 59.9 Å². The van der Waals surface area contributed by atoms with Crippen LogP contribution in [0.4, 0.5) is 4.39 Å². The van der Waals surface area contributed by atoms with Crippen LogP contribution in [0.2, 0.25) is 0 Å². The van der Waals surface area contributed by atoms with E-state index in [2.05, 4.69) is 15.5 Å². The number of benzene rings is 2. The summed E-state index contributed by atoms with van der Waals surface area (Å²) in [6.45, 7) is 1.89. The first kappa shape index (κ1) is 19.7. The van der Waals surface area contributed by atoms with E-state index in [1.165, 1.54) is 28.6 Å². The van der Waals surface area contributed by atoms with Gasteiger partial charge in [0.2, 0.25) is 11.1 Å². The fraction of sp³-hybridized carbons (Fsp3) is 0.211. The number of nitrogens with two attached hydrogens (primary N) is 1. The summed E-state index contributed by atoms with van der Waals surface area (Å²) >= 11 is 1.17. The molecule has 3 N–H and O–H groups in total.